The highest BCUT2D eigenvalue weighted by atomic mass is 16.5. The Kier molecular flexibility index (Phi) is 3.04. The third kappa shape index (κ3) is 1.91. The van der Waals surface area contributed by atoms with E-state index in [1.54, 1.807) is 7.11 Å². The van der Waals surface area contributed by atoms with Crippen LogP contribution in [0.4, 0.5) is 0 Å². The lowest BCUT2D eigenvalue weighted by atomic mass is 9.71. The Morgan fingerprint density at radius 2 is 2.11 bits per heavy atom. The zero-order chi connectivity index (χ0) is 12.6. The molecule has 1 aliphatic carbocycles. The lowest BCUT2D eigenvalue weighted by molar-refractivity contribution is -0.126. The Hall–Kier alpha value is -1.06. The monoisotopic (exact) mass is 247 g/mol. The largest absolute Gasteiger partial charge is 0.487 e. The highest BCUT2D eigenvalue weighted by molar-refractivity contribution is 5.39. The molecular formula is C15H21NO2. The maximum atomic E-state index is 6.24. The van der Waals surface area contributed by atoms with Crippen molar-refractivity contribution in [3.63, 3.8) is 0 Å². The van der Waals surface area contributed by atoms with E-state index in [9.17, 15) is 0 Å². The first-order chi connectivity index (χ1) is 8.76. The molecule has 1 atom stereocenters. The summed E-state index contributed by atoms with van der Waals surface area (Å²) in [6.07, 6.45) is 3.45. The lowest BCUT2D eigenvalue weighted by Crippen LogP contribution is -2.56. The average molecular weight is 247 g/mol. The topological polar surface area (TPSA) is 30.5 Å². The van der Waals surface area contributed by atoms with Crippen molar-refractivity contribution in [2.24, 2.45) is 0 Å². The molecule has 1 fully saturated rings. The van der Waals surface area contributed by atoms with Gasteiger partial charge in [-0.1, -0.05) is 25.1 Å². The van der Waals surface area contributed by atoms with Crippen molar-refractivity contribution < 1.29 is 9.47 Å². The Balaban J connectivity index is 1.84. The van der Waals surface area contributed by atoms with E-state index >= 15 is 0 Å². The molecule has 1 heterocycles. The molecule has 1 aliphatic heterocycles. The smallest absolute Gasteiger partial charge is 0.124 e. The van der Waals surface area contributed by atoms with E-state index in [4.69, 9.17) is 9.47 Å². The van der Waals surface area contributed by atoms with Gasteiger partial charge in [-0.25, -0.2) is 0 Å². The van der Waals surface area contributed by atoms with Gasteiger partial charge in [-0.3, -0.25) is 0 Å². The summed E-state index contributed by atoms with van der Waals surface area (Å²) < 4.78 is 11.6. The molecule has 1 aromatic rings. The third-order valence-electron chi connectivity index (χ3n) is 4.18. The summed E-state index contributed by atoms with van der Waals surface area (Å²) in [5.74, 6) is 1.05. The second-order valence-electron chi connectivity index (χ2n) is 5.40. The van der Waals surface area contributed by atoms with Gasteiger partial charge in [-0.2, -0.15) is 0 Å². The summed E-state index contributed by atoms with van der Waals surface area (Å²) in [6, 6.07) is 8.80. The van der Waals surface area contributed by atoms with E-state index < -0.39 is 0 Å². The van der Waals surface area contributed by atoms with Crippen molar-refractivity contribution >= 4 is 0 Å². The van der Waals surface area contributed by atoms with Crippen LogP contribution < -0.4 is 10.1 Å². The van der Waals surface area contributed by atoms with E-state index in [0.29, 0.717) is 12.1 Å². The number of rotatable bonds is 3. The first kappa shape index (κ1) is 12.0. The molecule has 0 aromatic heterocycles. The molecule has 2 aliphatic rings. The van der Waals surface area contributed by atoms with E-state index in [0.717, 1.165) is 31.6 Å². The molecule has 1 spiro atoms. The van der Waals surface area contributed by atoms with Gasteiger partial charge in [0.15, 0.2) is 0 Å². The van der Waals surface area contributed by atoms with Crippen LogP contribution >= 0.6 is 0 Å². The maximum Gasteiger partial charge on any atom is 0.124 e. The van der Waals surface area contributed by atoms with Gasteiger partial charge in [0.2, 0.25) is 0 Å². The second-order valence-corrected chi connectivity index (χ2v) is 5.40. The summed E-state index contributed by atoms with van der Waals surface area (Å²) in [5.41, 5.74) is 1.30. The van der Waals surface area contributed by atoms with Crippen molar-refractivity contribution in [1.82, 2.24) is 5.32 Å². The van der Waals surface area contributed by atoms with Crippen LogP contribution in [0.2, 0.25) is 0 Å². The van der Waals surface area contributed by atoms with Gasteiger partial charge in [0, 0.05) is 38.0 Å². The molecule has 3 heteroatoms. The molecule has 0 saturated heterocycles. The van der Waals surface area contributed by atoms with Crippen LogP contribution in [0, 0.1) is 0 Å². The highest BCUT2D eigenvalue weighted by Gasteiger charge is 2.50. The van der Waals surface area contributed by atoms with E-state index in [-0.39, 0.29) is 5.60 Å². The van der Waals surface area contributed by atoms with Gasteiger partial charge in [-0.15, -0.1) is 0 Å². The number of methoxy groups -OCH3 is 1. The van der Waals surface area contributed by atoms with Crippen LogP contribution in [0.25, 0.3) is 0 Å². The molecule has 1 saturated carbocycles. The van der Waals surface area contributed by atoms with E-state index in [1.807, 2.05) is 6.07 Å². The minimum absolute atomic E-state index is 0.00185. The summed E-state index contributed by atoms with van der Waals surface area (Å²) in [5, 5.41) is 3.58. The molecule has 98 valence electrons. The first-order valence-corrected chi connectivity index (χ1v) is 6.80. The molecule has 0 radical (unpaired) electrons. The maximum absolute atomic E-state index is 6.24. The van der Waals surface area contributed by atoms with Crippen molar-refractivity contribution in [2.45, 2.75) is 43.9 Å². The van der Waals surface area contributed by atoms with E-state index in [2.05, 4.69) is 30.4 Å². The summed E-state index contributed by atoms with van der Waals surface area (Å²) in [7, 11) is 1.79. The fraction of sp³-hybridized carbons (Fsp3) is 0.600. The van der Waals surface area contributed by atoms with Crippen LogP contribution in [-0.4, -0.2) is 25.4 Å². The van der Waals surface area contributed by atoms with Crippen LogP contribution in [0.15, 0.2) is 24.3 Å². The fourth-order valence-electron chi connectivity index (χ4n) is 3.23. The predicted octanol–water partition coefficient (Wildman–Crippen LogP) is 2.67. The molecular weight excluding hydrogens is 226 g/mol. The van der Waals surface area contributed by atoms with Gasteiger partial charge < -0.3 is 14.8 Å². The van der Waals surface area contributed by atoms with Gasteiger partial charge in [0.05, 0.1) is 6.10 Å². The number of ether oxygens (including phenoxy) is 2. The zero-order valence-corrected chi connectivity index (χ0v) is 11.1. The molecule has 1 aromatic carbocycles. The summed E-state index contributed by atoms with van der Waals surface area (Å²) in [4.78, 5) is 0. The van der Waals surface area contributed by atoms with Crippen molar-refractivity contribution in [3.05, 3.63) is 29.8 Å². The highest BCUT2D eigenvalue weighted by Crippen LogP contribution is 2.49. The number of hydrogen-bond acceptors (Lipinski definition) is 3. The Morgan fingerprint density at radius 1 is 1.33 bits per heavy atom. The SMILES string of the molecule is CCNC1CC2(CC(OC)C2)Oc2ccccc21. The van der Waals surface area contributed by atoms with Crippen LogP contribution in [0.3, 0.4) is 0 Å². The minimum atomic E-state index is 0.00185. The van der Waals surface area contributed by atoms with Crippen molar-refractivity contribution in [1.29, 1.82) is 0 Å². The van der Waals surface area contributed by atoms with Crippen LogP contribution in [0.1, 0.15) is 37.8 Å². The Labute approximate surface area is 108 Å². The summed E-state index contributed by atoms with van der Waals surface area (Å²) >= 11 is 0. The van der Waals surface area contributed by atoms with Crippen LogP contribution in [-0.2, 0) is 4.74 Å². The molecule has 3 rings (SSSR count). The minimum Gasteiger partial charge on any atom is -0.487 e. The number of hydrogen-bond donors (Lipinski definition) is 1. The quantitative estimate of drug-likeness (QED) is 0.890. The Bertz CT molecular complexity index is 426. The van der Waals surface area contributed by atoms with Gasteiger partial charge in [0.1, 0.15) is 11.4 Å². The number of benzene rings is 1. The second kappa shape index (κ2) is 4.56. The summed E-state index contributed by atoms with van der Waals surface area (Å²) in [6.45, 7) is 3.15. The normalized spacial score (nSPS) is 33.7. The number of fused-ring (bicyclic) bond motifs is 1. The lowest BCUT2D eigenvalue weighted by Gasteiger charge is -2.51. The fourth-order valence-corrected chi connectivity index (χ4v) is 3.23. The standard InChI is InChI=1S/C15H21NO2/c1-3-16-13-10-15(8-11(9-15)17-2)18-14-7-5-4-6-12(13)14/h4-7,11,13,16H,3,8-10H2,1-2H3. The molecule has 18 heavy (non-hydrogen) atoms. The molecule has 3 nitrogen and oxygen atoms in total. The first-order valence-electron chi connectivity index (χ1n) is 6.80. The Morgan fingerprint density at radius 3 is 2.83 bits per heavy atom. The predicted molar refractivity (Wildman–Crippen MR) is 70.9 cm³/mol. The van der Waals surface area contributed by atoms with Gasteiger partial charge in [-0.05, 0) is 12.6 Å². The molecule has 1 unspecified atom stereocenters. The average Bonchev–Trinajstić information content (AvgIpc) is 2.36. The molecule has 1 N–H and O–H groups in total. The van der Waals surface area contributed by atoms with Gasteiger partial charge in [0.25, 0.3) is 0 Å². The van der Waals surface area contributed by atoms with Crippen molar-refractivity contribution in [3.8, 4) is 5.75 Å². The van der Waals surface area contributed by atoms with Gasteiger partial charge >= 0.3 is 0 Å². The van der Waals surface area contributed by atoms with Crippen molar-refractivity contribution in [2.75, 3.05) is 13.7 Å². The zero-order valence-electron chi connectivity index (χ0n) is 11.1. The number of para-hydroxylation sites is 1. The number of nitrogens with one attached hydrogen (secondary N) is 1. The van der Waals surface area contributed by atoms with E-state index in [1.165, 1.54) is 5.56 Å². The van der Waals surface area contributed by atoms with Crippen LogP contribution in [0.5, 0.6) is 5.75 Å². The molecule has 0 bridgehead atoms. The third-order valence-corrected chi connectivity index (χ3v) is 4.18. The molecule has 0 amide bonds.